The van der Waals surface area contributed by atoms with Crippen LogP contribution in [0.4, 0.5) is 0 Å². The number of amides is 1. The summed E-state index contributed by atoms with van der Waals surface area (Å²) in [5.74, 6) is 0.511. The lowest BCUT2D eigenvalue weighted by atomic mass is 9.86. The van der Waals surface area contributed by atoms with E-state index < -0.39 is 0 Å². The molecule has 1 saturated carbocycles. The molecule has 5 heteroatoms. The Morgan fingerprint density at radius 2 is 1.96 bits per heavy atom. The summed E-state index contributed by atoms with van der Waals surface area (Å²) in [5, 5.41) is 10.0. The highest BCUT2D eigenvalue weighted by atomic mass is 32.1. The van der Waals surface area contributed by atoms with Crippen LogP contribution in [0.5, 0.6) is 0 Å². The van der Waals surface area contributed by atoms with Crippen LogP contribution in [-0.2, 0) is 0 Å². The van der Waals surface area contributed by atoms with Crippen LogP contribution >= 0.6 is 11.3 Å². The lowest BCUT2D eigenvalue weighted by molar-refractivity contribution is 0.0911. The summed E-state index contributed by atoms with van der Waals surface area (Å²) < 4.78 is 1.80. The average Bonchev–Trinajstić information content (AvgIpc) is 3.34. The lowest BCUT2D eigenvalue weighted by Gasteiger charge is -2.29. The summed E-state index contributed by atoms with van der Waals surface area (Å²) in [4.78, 5) is 14.1. The fourth-order valence-electron chi connectivity index (χ4n) is 3.63. The van der Waals surface area contributed by atoms with Gasteiger partial charge in [0, 0.05) is 12.2 Å². The van der Waals surface area contributed by atoms with Gasteiger partial charge in [0.25, 0.3) is 5.91 Å². The second-order valence-corrected chi connectivity index (χ2v) is 7.94. The molecule has 4 nitrogen and oxygen atoms in total. The highest BCUT2D eigenvalue weighted by Crippen LogP contribution is 2.29. The van der Waals surface area contributed by atoms with Gasteiger partial charge in [-0.3, -0.25) is 4.79 Å². The SMILES string of the molecule is C[C@H]1CCCC[C@H]1NC(=O)c1cn(-c2ccccc2)nc1-c1cccs1. The van der Waals surface area contributed by atoms with Crippen molar-refractivity contribution in [3.05, 3.63) is 59.6 Å². The Bertz CT molecular complexity index is 870. The maximum absolute atomic E-state index is 13.1. The van der Waals surface area contributed by atoms with Crippen LogP contribution in [0.2, 0.25) is 0 Å². The molecule has 1 aromatic carbocycles. The fraction of sp³-hybridized carbons (Fsp3) is 0.333. The summed E-state index contributed by atoms with van der Waals surface area (Å²) in [5.41, 5.74) is 2.36. The molecule has 0 spiro atoms. The topological polar surface area (TPSA) is 46.9 Å². The summed E-state index contributed by atoms with van der Waals surface area (Å²) in [6, 6.07) is 14.2. The number of aromatic nitrogens is 2. The molecule has 2 aromatic heterocycles. The molecule has 26 heavy (non-hydrogen) atoms. The van der Waals surface area contributed by atoms with Crippen LogP contribution in [0.3, 0.4) is 0 Å². The van der Waals surface area contributed by atoms with Gasteiger partial charge in [-0.1, -0.05) is 44.0 Å². The van der Waals surface area contributed by atoms with E-state index in [2.05, 4.69) is 12.2 Å². The second-order valence-electron chi connectivity index (χ2n) is 6.99. The van der Waals surface area contributed by atoms with Crippen molar-refractivity contribution in [2.45, 2.75) is 38.6 Å². The summed E-state index contributed by atoms with van der Waals surface area (Å²) in [7, 11) is 0. The first kappa shape index (κ1) is 17.0. The Morgan fingerprint density at radius 3 is 2.69 bits per heavy atom. The van der Waals surface area contributed by atoms with Crippen molar-refractivity contribution in [1.29, 1.82) is 0 Å². The van der Waals surface area contributed by atoms with Crippen molar-refractivity contribution >= 4 is 17.2 Å². The minimum atomic E-state index is -0.0191. The molecule has 1 fully saturated rings. The predicted molar refractivity (Wildman–Crippen MR) is 106 cm³/mol. The van der Waals surface area contributed by atoms with Gasteiger partial charge in [0.05, 0.1) is 16.1 Å². The second kappa shape index (κ2) is 7.46. The Morgan fingerprint density at radius 1 is 1.15 bits per heavy atom. The normalized spacial score (nSPS) is 20.0. The zero-order valence-electron chi connectivity index (χ0n) is 14.9. The van der Waals surface area contributed by atoms with E-state index in [9.17, 15) is 4.79 Å². The number of thiophene rings is 1. The molecule has 2 heterocycles. The number of nitrogens with zero attached hydrogens (tertiary/aromatic N) is 2. The first-order valence-corrected chi connectivity index (χ1v) is 10.1. The first-order valence-electron chi connectivity index (χ1n) is 9.22. The van der Waals surface area contributed by atoms with Crippen molar-refractivity contribution in [2.24, 2.45) is 5.92 Å². The maximum Gasteiger partial charge on any atom is 0.255 e. The molecule has 0 aliphatic heterocycles. The summed E-state index contributed by atoms with van der Waals surface area (Å²) in [6.45, 7) is 2.23. The molecule has 1 amide bonds. The van der Waals surface area contributed by atoms with E-state index in [1.54, 1.807) is 16.0 Å². The molecule has 134 valence electrons. The first-order chi connectivity index (χ1) is 12.7. The molecular weight excluding hydrogens is 342 g/mol. The minimum absolute atomic E-state index is 0.0191. The monoisotopic (exact) mass is 365 g/mol. The Kier molecular flexibility index (Phi) is 4.89. The van der Waals surface area contributed by atoms with Gasteiger partial charge in [-0.25, -0.2) is 4.68 Å². The van der Waals surface area contributed by atoms with E-state index in [4.69, 9.17) is 5.10 Å². The summed E-state index contributed by atoms with van der Waals surface area (Å²) in [6.07, 6.45) is 6.56. The standard InChI is InChI=1S/C21H23N3OS/c1-15-8-5-6-11-18(15)22-21(25)17-14-24(16-9-3-2-4-10-16)23-20(17)19-12-7-13-26-19/h2-4,7,9-10,12-15,18H,5-6,8,11H2,1H3,(H,22,25)/t15-,18+/m0/s1. The van der Waals surface area contributed by atoms with Gasteiger partial charge in [-0.15, -0.1) is 11.3 Å². The summed E-state index contributed by atoms with van der Waals surface area (Å²) >= 11 is 1.61. The molecular formula is C21H23N3OS. The quantitative estimate of drug-likeness (QED) is 0.714. The highest BCUT2D eigenvalue weighted by molar-refractivity contribution is 7.13. The van der Waals surface area contributed by atoms with E-state index >= 15 is 0 Å². The molecule has 2 atom stereocenters. The van der Waals surface area contributed by atoms with Crippen LogP contribution in [0.1, 0.15) is 43.0 Å². The molecule has 1 aliphatic carbocycles. The molecule has 3 aromatic rings. The van der Waals surface area contributed by atoms with Gasteiger partial charge in [-0.2, -0.15) is 5.10 Å². The van der Waals surface area contributed by atoms with E-state index in [0.29, 0.717) is 11.5 Å². The van der Waals surface area contributed by atoms with Crippen LogP contribution < -0.4 is 5.32 Å². The van der Waals surface area contributed by atoms with Crippen LogP contribution in [0.15, 0.2) is 54.0 Å². The molecule has 4 rings (SSSR count). The van der Waals surface area contributed by atoms with Gasteiger partial charge >= 0.3 is 0 Å². The van der Waals surface area contributed by atoms with Gasteiger partial charge in [0.15, 0.2) is 0 Å². The third-order valence-corrected chi connectivity index (χ3v) is 6.04. The number of hydrogen-bond donors (Lipinski definition) is 1. The largest absolute Gasteiger partial charge is 0.349 e. The lowest BCUT2D eigenvalue weighted by Crippen LogP contribution is -2.41. The molecule has 0 unspecified atom stereocenters. The van der Waals surface area contributed by atoms with Gasteiger partial charge < -0.3 is 5.32 Å². The number of para-hydroxylation sites is 1. The number of rotatable bonds is 4. The van der Waals surface area contributed by atoms with Crippen molar-refractivity contribution in [3.8, 4) is 16.3 Å². The van der Waals surface area contributed by atoms with Gasteiger partial charge in [0.2, 0.25) is 0 Å². The highest BCUT2D eigenvalue weighted by Gasteiger charge is 2.26. The number of benzene rings is 1. The predicted octanol–water partition coefficient (Wildman–Crippen LogP) is 4.91. The Labute approximate surface area is 157 Å². The van der Waals surface area contributed by atoms with Crippen LogP contribution in [0.25, 0.3) is 16.3 Å². The minimum Gasteiger partial charge on any atom is -0.349 e. The average molecular weight is 366 g/mol. The molecule has 0 saturated heterocycles. The molecule has 1 aliphatic rings. The van der Waals surface area contributed by atoms with Crippen LogP contribution in [0, 0.1) is 5.92 Å². The number of carbonyl (C=O) groups is 1. The maximum atomic E-state index is 13.1. The zero-order valence-corrected chi connectivity index (χ0v) is 15.7. The molecule has 0 bridgehead atoms. The Balaban J connectivity index is 1.67. The number of nitrogens with one attached hydrogen (secondary N) is 1. The van der Waals surface area contributed by atoms with E-state index in [-0.39, 0.29) is 11.9 Å². The fourth-order valence-corrected chi connectivity index (χ4v) is 4.35. The van der Waals surface area contributed by atoms with Crippen LogP contribution in [-0.4, -0.2) is 21.7 Å². The molecule has 0 radical (unpaired) electrons. The van der Waals surface area contributed by atoms with Crippen molar-refractivity contribution in [2.75, 3.05) is 0 Å². The van der Waals surface area contributed by atoms with Crippen molar-refractivity contribution < 1.29 is 4.79 Å². The van der Waals surface area contributed by atoms with E-state index in [1.807, 2.05) is 54.0 Å². The van der Waals surface area contributed by atoms with E-state index in [1.165, 1.54) is 19.3 Å². The van der Waals surface area contributed by atoms with Crippen molar-refractivity contribution in [1.82, 2.24) is 15.1 Å². The third-order valence-electron chi connectivity index (χ3n) is 5.16. The van der Waals surface area contributed by atoms with Gasteiger partial charge in [-0.05, 0) is 42.3 Å². The number of hydrogen-bond acceptors (Lipinski definition) is 3. The molecule has 1 N–H and O–H groups in total. The van der Waals surface area contributed by atoms with E-state index in [0.717, 1.165) is 22.7 Å². The zero-order chi connectivity index (χ0) is 17.9. The number of carbonyl (C=O) groups excluding carboxylic acids is 1. The van der Waals surface area contributed by atoms with Gasteiger partial charge in [0.1, 0.15) is 5.69 Å². The smallest absolute Gasteiger partial charge is 0.255 e. The third kappa shape index (κ3) is 3.44. The van der Waals surface area contributed by atoms with Crippen molar-refractivity contribution in [3.63, 3.8) is 0 Å². The Hall–Kier alpha value is -2.40.